The zero-order chi connectivity index (χ0) is 14.8. The van der Waals surface area contributed by atoms with Gasteiger partial charge < -0.3 is 16.1 Å². The molecule has 1 atom stereocenters. The largest absolute Gasteiger partial charge is 0.354 e. The summed E-state index contributed by atoms with van der Waals surface area (Å²) in [5.74, 6) is 5.51. The minimum absolute atomic E-state index is 0.0517. The van der Waals surface area contributed by atoms with Gasteiger partial charge in [0.1, 0.15) is 5.82 Å². The van der Waals surface area contributed by atoms with E-state index in [4.69, 9.17) is 5.84 Å². The van der Waals surface area contributed by atoms with E-state index in [1.807, 2.05) is 24.3 Å². The summed E-state index contributed by atoms with van der Waals surface area (Å²) in [5.41, 5.74) is 3.62. The SMILES string of the molecule is NNc1cc(C(=O)NC2CNC(=O)C2)c2ccccc2n1. The Bertz CT molecular complexity index is 716. The van der Waals surface area contributed by atoms with E-state index in [9.17, 15) is 9.59 Å². The van der Waals surface area contributed by atoms with Gasteiger partial charge in [-0.1, -0.05) is 18.2 Å². The molecule has 1 fully saturated rings. The number of carbonyl (C=O) groups is 2. The molecule has 1 aliphatic heterocycles. The molecule has 1 unspecified atom stereocenters. The van der Waals surface area contributed by atoms with E-state index in [-0.39, 0.29) is 17.9 Å². The second-order valence-corrected chi connectivity index (χ2v) is 4.90. The van der Waals surface area contributed by atoms with Crippen LogP contribution >= 0.6 is 0 Å². The summed E-state index contributed by atoms with van der Waals surface area (Å²) >= 11 is 0. The van der Waals surface area contributed by atoms with Crippen LogP contribution in [0.1, 0.15) is 16.8 Å². The fraction of sp³-hybridized carbons (Fsp3) is 0.214. The van der Waals surface area contributed by atoms with Gasteiger partial charge in [-0.2, -0.15) is 0 Å². The summed E-state index contributed by atoms with van der Waals surface area (Å²) in [6.45, 7) is 0.454. The molecule has 2 amide bonds. The number of rotatable bonds is 3. The monoisotopic (exact) mass is 285 g/mol. The Morgan fingerprint density at radius 1 is 1.38 bits per heavy atom. The van der Waals surface area contributed by atoms with E-state index in [0.29, 0.717) is 29.9 Å². The van der Waals surface area contributed by atoms with Gasteiger partial charge in [0, 0.05) is 18.4 Å². The summed E-state index contributed by atoms with van der Waals surface area (Å²) < 4.78 is 0. The third kappa shape index (κ3) is 2.63. The molecular weight excluding hydrogens is 270 g/mol. The lowest BCUT2D eigenvalue weighted by atomic mass is 10.1. The first-order chi connectivity index (χ1) is 10.2. The second kappa shape index (κ2) is 5.37. The van der Waals surface area contributed by atoms with Crippen molar-refractivity contribution in [1.29, 1.82) is 0 Å². The zero-order valence-corrected chi connectivity index (χ0v) is 11.2. The fourth-order valence-electron chi connectivity index (χ4n) is 2.41. The molecule has 0 spiro atoms. The van der Waals surface area contributed by atoms with Gasteiger partial charge >= 0.3 is 0 Å². The lowest BCUT2D eigenvalue weighted by Crippen LogP contribution is -2.36. The van der Waals surface area contributed by atoms with Crippen LogP contribution in [0.4, 0.5) is 5.82 Å². The number of para-hydroxylation sites is 1. The molecule has 1 aromatic heterocycles. The fourth-order valence-corrected chi connectivity index (χ4v) is 2.41. The van der Waals surface area contributed by atoms with Crippen molar-refractivity contribution in [3.8, 4) is 0 Å². The lowest BCUT2D eigenvalue weighted by Gasteiger charge is -2.13. The van der Waals surface area contributed by atoms with E-state index in [2.05, 4.69) is 21.0 Å². The van der Waals surface area contributed by atoms with E-state index >= 15 is 0 Å². The molecule has 108 valence electrons. The topological polar surface area (TPSA) is 109 Å². The molecule has 0 saturated carbocycles. The van der Waals surface area contributed by atoms with Gasteiger partial charge in [-0.15, -0.1) is 0 Å². The summed E-state index contributed by atoms with van der Waals surface area (Å²) in [5, 5.41) is 6.28. The maximum absolute atomic E-state index is 12.4. The summed E-state index contributed by atoms with van der Waals surface area (Å²) in [4.78, 5) is 27.9. The highest BCUT2D eigenvalue weighted by atomic mass is 16.2. The number of carbonyl (C=O) groups excluding carboxylic acids is 2. The minimum Gasteiger partial charge on any atom is -0.354 e. The highest BCUT2D eigenvalue weighted by Gasteiger charge is 2.24. The van der Waals surface area contributed by atoms with Gasteiger partial charge in [0.2, 0.25) is 5.91 Å². The molecule has 2 aromatic rings. The number of benzene rings is 1. The van der Waals surface area contributed by atoms with E-state index in [0.717, 1.165) is 5.39 Å². The number of hydrogen-bond acceptors (Lipinski definition) is 5. The van der Waals surface area contributed by atoms with Crippen molar-refractivity contribution in [2.45, 2.75) is 12.5 Å². The normalized spacial score (nSPS) is 17.6. The van der Waals surface area contributed by atoms with E-state index < -0.39 is 0 Å². The van der Waals surface area contributed by atoms with Crippen LogP contribution in [0.2, 0.25) is 0 Å². The highest BCUT2D eigenvalue weighted by molar-refractivity contribution is 6.07. The second-order valence-electron chi connectivity index (χ2n) is 4.90. The average Bonchev–Trinajstić information content (AvgIpc) is 2.91. The van der Waals surface area contributed by atoms with Crippen LogP contribution in [0, 0.1) is 0 Å². The Balaban J connectivity index is 1.94. The molecule has 21 heavy (non-hydrogen) atoms. The van der Waals surface area contributed by atoms with Crippen molar-refractivity contribution in [1.82, 2.24) is 15.6 Å². The number of anilines is 1. The van der Waals surface area contributed by atoms with Gasteiger partial charge in [0.05, 0.1) is 17.1 Å². The molecule has 1 aromatic carbocycles. The van der Waals surface area contributed by atoms with Crippen LogP contribution in [-0.4, -0.2) is 29.4 Å². The van der Waals surface area contributed by atoms with Crippen LogP contribution in [0.3, 0.4) is 0 Å². The molecule has 0 radical (unpaired) electrons. The maximum Gasteiger partial charge on any atom is 0.252 e. The number of hydrogen-bond donors (Lipinski definition) is 4. The predicted octanol–water partition coefficient (Wildman–Crippen LogP) is 0.139. The first-order valence-corrected chi connectivity index (χ1v) is 6.61. The standard InChI is InChI=1S/C14H15N5O2/c15-19-12-6-10(9-3-1-2-4-11(9)18-12)14(21)17-8-5-13(20)16-7-8/h1-4,6,8H,5,7,15H2,(H,16,20)(H,17,21)(H,18,19). The third-order valence-corrected chi connectivity index (χ3v) is 3.42. The van der Waals surface area contributed by atoms with Gasteiger partial charge in [-0.05, 0) is 12.1 Å². The molecule has 1 aliphatic rings. The molecule has 7 nitrogen and oxygen atoms in total. The molecule has 7 heteroatoms. The minimum atomic E-state index is -0.244. The van der Waals surface area contributed by atoms with Crippen LogP contribution in [-0.2, 0) is 4.79 Å². The maximum atomic E-state index is 12.4. The highest BCUT2D eigenvalue weighted by Crippen LogP contribution is 2.20. The Morgan fingerprint density at radius 3 is 2.90 bits per heavy atom. The Morgan fingerprint density at radius 2 is 2.19 bits per heavy atom. The number of nitrogens with one attached hydrogen (secondary N) is 3. The first-order valence-electron chi connectivity index (χ1n) is 6.61. The van der Waals surface area contributed by atoms with Crippen molar-refractivity contribution in [3.05, 3.63) is 35.9 Å². The number of hydrazine groups is 1. The quantitative estimate of drug-likeness (QED) is 0.474. The van der Waals surface area contributed by atoms with Crippen LogP contribution in [0.15, 0.2) is 30.3 Å². The van der Waals surface area contributed by atoms with Crippen LogP contribution in [0.5, 0.6) is 0 Å². The number of amides is 2. The Hall–Kier alpha value is -2.67. The Labute approximate surface area is 120 Å². The molecule has 1 saturated heterocycles. The van der Waals surface area contributed by atoms with Crippen LogP contribution < -0.4 is 21.9 Å². The van der Waals surface area contributed by atoms with E-state index in [1.54, 1.807) is 6.07 Å². The van der Waals surface area contributed by atoms with Gasteiger partial charge in [0.15, 0.2) is 0 Å². The van der Waals surface area contributed by atoms with Crippen molar-refractivity contribution in [3.63, 3.8) is 0 Å². The number of nitrogens with two attached hydrogens (primary N) is 1. The zero-order valence-electron chi connectivity index (χ0n) is 11.2. The predicted molar refractivity (Wildman–Crippen MR) is 78.4 cm³/mol. The van der Waals surface area contributed by atoms with Crippen molar-refractivity contribution < 1.29 is 9.59 Å². The lowest BCUT2D eigenvalue weighted by molar-refractivity contribution is -0.119. The number of fused-ring (bicyclic) bond motifs is 1. The van der Waals surface area contributed by atoms with E-state index in [1.165, 1.54) is 0 Å². The number of nitrogen functional groups attached to an aromatic ring is 1. The van der Waals surface area contributed by atoms with Gasteiger partial charge in [0.25, 0.3) is 5.91 Å². The third-order valence-electron chi connectivity index (χ3n) is 3.42. The summed E-state index contributed by atoms with van der Waals surface area (Å²) in [6, 6.07) is 8.74. The molecular formula is C14H15N5O2. The number of pyridine rings is 1. The average molecular weight is 285 g/mol. The van der Waals surface area contributed by atoms with Crippen molar-refractivity contribution in [2.75, 3.05) is 12.0 Å². The van der Waals surface area contributed by atoms with Gasteiger partial charge in [-0.3, -0.25) is 9.59 Å². The molecule has 0 aliphatic carbocycles. The molecule has 3 rings (SSSR count). The van der Waals surface area contributed by atoms with Gasteiger partial charge in [-0.25, -0.2) is 10.8 Å². The molecule has 5 N–H and O–H groups in total. The van der Waals surface area contributed by atoms with Crippen molar-refractivity contribution in [2.24, 2.45) is 5.84 Å². The number of nitrogens with zero attached hydrogens (tertiary/aromatic N) is 1. The first kappa shape index (κ1) is 13.3. The Kier molecular flexibility index (Phi) is 3.41. The summed E-state index contributed by atoms with van der Waals surface area (Å²) in [7, 11) is 0. The molecule has 2 heterocycles. The summed E-state index contributed by atoms with van der Waals surface area (Å²) in [6.07, 6.45) is 0.302. The smallest absolute Gasteiger partial charge is 0.252 e. The molecule has 0 bridgehead atoms. The number of aromatic nitrogens is 1. The van der Waals surface area contributed by atoms with Crippen molar-refractivity contribution >= 4 is 28.5 Å². The van der Waals surface area contributed by atoms with Crippen LogP contribution in [0.25, 0.3) is 10.9 Å².